The lowest BCUT2D eigenvalue weighted by molar-refractivity contribution is 0.0564. The summed E-state index contributed by atoms with van der Waals surface area (Å²) in [5.41, 5.74) is 4.39. The van der Waals surface area contributed by atoms with Crippen molar-refractivity contribution in [3.63, 3.8) is 0 Å². The maximum atomic E-state index is 5.92. The molecule has 4 nitrogen and oxygen atoms in total. The number of likely N-dealkylation sites (N-methyl/N-ethyl adjacent to an activating group) is 1. The fourth-order valence-electron chi connectivity index (χ4n) is 3.52. The molecule has 2 rings (SSSR count). The number of nitrogens with one attached hydrogen (secondary N) is 1. The van der Waals surface area contributed by atoms with Gasteiger partial charge >= 0.3 is 0 Å². The van der Waals surface area contributed by atoms with E-state index in [4.69, 9.17) is 10.6 Å². The van der Waals surface area contributed by atoms with Gasteiger partial charge in [0.15, 0.2) is 0 Å². The molecular formula is C16H27N3O. The van der Waals surface area contributed by atoms with Crippen molar-refractivity contribution in [2.45, 2.75) is 43.7 Å². The van der Waals surface area contributed by atoms with Crippen LogP contribution in [0.1, 0.15) is 43.7 Å². The molecule has 0 saturated heterocycles. The number of nitrogens with two attached hydrogens (primary N) is 1. The minimum atomic E-state index is 0.0988. The van der Waals surface area contributed by atoms with Gasteiger partial charge in [0, 0.05) is 5.54 Å². The van der Waals surface area contributed by atoms with Crippen LogP contribution in [-0.4, -0.2) is 31.6 Å². The second-order valence-electron chi connectivity index (χ2n) is 5.93. The van der Waals surface area contributed by atoms with Gasteiger partial charge in [-0.3, -0.25) is 11.3 Å². The molecule has 1 aromatic rings. The number of hydrogen-bond donors (Lipinski definition) is 2. The fourth-order valence-corrected chi connectivity index (χ4v) is 3.52. The molecular weight excluding hydrogens is 250 g/mol. The number of hydrogen-bond acceptors (Lipinski definition) is 4. The topological polar surface area (TPSA) is 50.5 Å². The molecule has 0 aromatic heterocycles. The Hall–Kier alpha value is -1.10. The van der Waals surface area contributed by atoms with E-state index in [1.165, 1.54) is 37.7 Å². The first-order chi connectivity index (χ1) is 9.64. The van der Waals surface area contributed by atoms with Crippen LogP contribution in [0.2, 0.25) is 0 Å². The molecule has 3 N–H and O–H groups in total. The van der Waals surface area contributed by atoms with Crippen molar-refractivity contribution < 1.29 is 4.74 Å². The third-order valence-corrected chi connectivity index (χ3v) is 4.76. The molecule has 1 atom stereocenters. The van der Waals surface area contributed by atoms with E-state index in [-0.39, 0.29) is 11.6 Å². The SMILES string of the molecule is COc1ccc(C(NN)C2(N(C)C)CCCCC2)cc1. The lowest BCUT2D eigenvalue weighted by atomic mass is 9.73. The van der Waals surface area contributed by atoms with Crippen LogP contribution in [0.4, 0.5) is 0 Å². The maximum absolute atomic E-state index is 5.92. The highest BCUT2D eigenvalue weighted by atomic mass is 16.5. The highest BCUT2D eigenvalue weighted by Crippen LogP contribution is 2.41. The summed E-state index contributed by atoms with van der Waals surface area (Å²) in [6.45, 7) is 0. The summed E-state index contributed by atoms with van der Waals surface area (Å²) < 4.78 is 5.24. The minimum Gasteiger partial charge on any atom is -0.497 e. The molecule has 0 aliphatic heterocycles. The van der Waals surface area contributed by atoms with Crippen LogP contribution in [0.25, 0.3) is 0 Å². The Kier molecular flexibility index (Phi) is 5.02. The molecule has 0 radical (unpaired) electrons. The van der Waals surface area contributed by atoms with Gasteiger partial charge in [0.05, 0.1) is 13.2 Å². The Labute approximate surface area is 122 Å². The van der Waals surface area contributed by atoms with Gasteiger partial charge < -0.3 is 9.64 Å². The van der Waals surface area contributed by atoms with Crippen molar-refractivity contribution in [1.29, 1.82) is 0 Å². The Bertz CT molecular complexity index is 410. The predicted molar refractivity (Wildman–Crippen MR) is 82.6 cm³/mol. The highest BCUT2D eigenvalue weighted by molar-refractivity contribution is 5.31. The number of benzene rings is 1. The van der Waals surface area contributed by atoms with E-state index in [1.54, 1.807) is 7.11 Å². The van der Waals surface area contributed by atoms with Crippen molar-refractivity contribution in [2.75, 3.05) is 21.2 Å². The van der Waals surface area contributed by atoms with Gasteiger partial charge in [-0.15, -0.1) is 0 Å². The first-order valence-corrected chi connectivity index (χ1v) is 7.41. The zero-order chi connectivity index (χ0) is 14.6. The van der Waals surface area contributed by atoms with E-state index in [0.717, 1.165) is 5.75 Å². The van der Waals surface area contributed by atoms with Gasteiger partial charge in [-0.1, -0.05) is 31.4 Å². The van der Waals surface area contributed by atoms with Gasteiger partial charge in [0.2, 0.25) is 0 Å². The minimum absolute atomic E-state index is 0.0988. The van der Waals surface area contributed by atoms with Gasteiger partial charge in [-0.25, -0.2) is 0 Å². The van der Waals surface area contributed by atoms with Crippen LogP contribution in [0, 0.1) is 0 Å². The second-order valence-corrected chi connectivity index (χ2v) is 5.93. The Balaban J connectivity index is 2.32. The number of ether oxygens (including phenoxy) is 1. The summed E-state index contributed by atoms with van der Waals surface area (Å²) in [5, 5.41) is 0. The molecule has 0 heterocycles. The Morgan fingerprint density at radius 3 is 2.20 bits per heavy atom. The van der Waals surface area contributed by atoms with E-state index >= 15 is 0 Å². The van der Waals surface area contributed by atoms with E-state index in [2.05, 4.69) is 36.6 Å². The van der Waals surface area contributed by atoms with Crippen molar-refractivity contribution in [1.82, 2.24) is 10.3 Å². The quantitative estimate of drug-likeness (QED) is 0.641. The summed E-state index contributed by atoms with van der Waals surface area (Å²) in [5.74, 6) is 6.80. The summed E-state index contributed by atoms with van der Waals surface area (Å²) in [4.78, 5) is 2.35. The van der Waals surface area contributed by atoms with Crippen LogP contribution in [0.15, 0.2) is 24.3 Å². The smallest absolute Gasteiger partial charge is 0.118 e. The van der Waals surface area contributed by atoms with E-state index < -0.39 is 0 Å². The van der Waals surface area contributed by atoms with E-state index in [9.17, 15) is 0 Å². The molecule has 1 unspecified atom stereocenters. The van der Waals surface area contributed by atoms with E-state index in [1.807, 2.05) is 12.1 Å². The molecule has 1 saturated carbocycles. The van der Waals surface area contributed by atoms with Crippen LogP contribution in [-0.2, 0) is 0 Å². The van der Waals surface area contributed by atoms with Crippen molar-refractivity contribution >= 4 is 0 Å². The van der Waals surface area contributed by atoms with Crippen LogP contribution in [0.3, 0.4) is 0 Å². The Morgan fingerprint density at radius 1 is 1.15 bits per heavy atom. The summed E-state index contributed by atoms with van der Waals surface area (Å²) in [6.07, 6.45) is 6.23. The van der Waals surface area contributed by atoms with Crippen LogP contribution >= 0.6 is 0 Å². The third-order valence-electron chi connectivity index (χ3n) is 4.76. The molecule has 1 fully saturated rings. The van der Waals surface area contributed by atoms with Crippen LogP contribution < -0.4 is 16.0 Å². The molecule has 4 heteroatoms. The second kappa shape index (κ2) is 6.57. The number of nitrogens with zero attached hydrogens (tertiary/aromatic N) is 1. The molecule has 0 bridgehead atoms. The number of rotatable bonds is 5. The summed E-state index contributed by atoms with van der Waals surface area (Å²) in [7, 11) is 6.02. The molecule has 0 spiro atoms. The average Bonchev–Trinajstić information content (AvgIpc) is 2.49. The monoisotopic (exact) mass is 277 g/mol. The van der Waals surface area contributed by atoms with Gasteiger partial charge in [-0.05, 0) is 44.6 Å². The lowest BCUT2D eigenvalue weighted by Gasteiger charge is -2.48. The highest BCUT2D eigenvalue weighted by Gasteiger charge is 2.42. The van der Waals surface area contributed by atoms with E-state index in [0.29, 0.717) is 0 Å². The summed E-state index contributed by atoms with van der Waals surface area (Å²) >= 11 is 0. The molecule has 1 aliphatic rings. The van der Waals surface area contributed by atoms with Gasteiger partial charge in [-0.2, -0.15) is 0 Å². The largest absolute Gasteiger partial charge is 0.497 e. The maximum Gasteiger partial charge on any atom is 0.118 e. The molecule has 1 aromatic carbocycles. The van der Waals surface area contributed by atoms with Crippen molar-refractivity contribution in [2.24, 2.45) is 5.84 Å². The summed E-state index contributed by atoms with van der Waals surface area (Å²) in [6, 6.07) is 8.38. The lowest BCUT2D eigenvalue weighted by Crippen LogP contribution is -2.56. The van der Waals surface area contributed by atoms with Crippen molar-refractivity contribution in [3.05, 3.63) is 29.8 Å². The average molecular weight is 277 g/mol. The van der Waals surface area contributed by atoms with Crippen LogP contribution in [0.5, 0.6) is 5.75 Å². The predicted octanol–water partition coefficient (Wildman–Crippen LogP) is 2.46. The molecule has 20 heavy (non-hydrogen) atoms. The first kappa shape index (κ1) is 15.3. The molecule has 0 amide bonds. The zero-order valence-electron chi connectivity index (χ0n) is 12.9. The zero-order valence-corrected chi connectivity index (χ0v) is 12.9. The van der Waals surface area contributed by atoms with Gasteiger partial charge in [0.25, 0.3) is 0 Å². The number of hydrazine groups is 1. The Morgan fingerprint density at radius 2 is 1.75 bits per heavy atom. The normalized spacial score (nSPS) is 19.9. The fraction of sp³-hybridized carbons (Fsp3) is 0.625. The number of methoxy groups -OCH3 is 1. The molecule has 112 valence electrons. The standard InChI is InChI=1S/C16H27N3O/c1-19(2)16(11-5-4-6-12-16)15(18-17)13-7-9-14(20-3)10-8-13/h7-10,15,18H,4-6,11-12,17H2,1-3H3. The first-order valence-electron chi connectivity index (χ1n) is 7.41. The third kappa shape index (κ3) is 2.82. The molecule has 1 aliphatic carbocycles. The van der Waals surface area contributed by atoms with Crippen molar-refractivity contribution in [3.8, 4) is 5.75 Å². The van der Waals surface area contributed by atoms with Gasteiger partial charge in [0.1, 0.15) is 5.75 Å².